The van der Waals surface area contributed by atoms with Crippen molar-refractivity contribution in [3.63, 3.8) is 0 Å². The molecule has 13 rings (SSSR count). The summed E-state index contributed by atoms with van der Waals surface area (Å²) in [6.07, 6.45) is 5.19. The first-order chi connectivity index (χ1) is 30.7. The van der Waals surface area contributed by atoms with Crippen molar-refractivity contribution >= 4 is 21.5 Å². The van der Waals surface area contributed by atoms with Gasteiger partial charge in [-0.3, -0.25) is 0 Å². The molecule has 0 atom stereocenters. The van der Waals surface area contributed by atoms with Crippen LogP contribution in [-0.2, 0) is 0 Å². The second-order valence-corrected chi connectivity index (χ2v) is 16.0. The second-order valence-electron chi connectivity index (χ2n) is 16.0. The molecule has 286 valence electrons. The van der Waals surface area contributed by atoms with E-state index in [4.69, 9.17) is 15.0 Å². The molecule has 11 aromatic rings. The maximum absolute atomic E-state index is 5.28. The minimum atomic E-state index is 0.600. The summed E-state index contributed by atoms with van der Waals surface area (Å²) >= 11 is 0. The molecular weight excluding hydrogens is 755 g/mol. The highest BCUT2D eigenvalue weighted by molar-refractivity contribution is 6.20. The first-order valence-electron chi connectivity index (χ1n) is 20.9. The Kier molecular flexibility index (Phi) is 7.54. The maximum Gasteiger partial charge on any atom is 0.164 e. The van der Waals surface area contributed by atoms with Crippen molar-refractivity contribution in [2.75, 3.05) is 0 Å². The van der Waals surface area contributed by atoms with Crippen molar-refractivity contribution in [3.8, 4) is 112 Å². The van der Waals surface area contributed by atoms with E-state index < -0.39 is 0 Å². The Morgan fingerprint density at radius 3 is 1.15 bits per heavy atom. The molecule has 2 aliphatic carbocycles. The van der Waals surface area contributed by atoms with Crippen LogP contribution >= 0.6 is 0 Å². The number of aromatic nitrogens is 5. The largest absolute Gasteiger partial charge is 0.244 e. The molecule has 2 aromatic heterocycles. The molecule has 0 saturated heterocycles. The molecule has 2 heterocycles. The third-order valence-electron chi connectivity index (χ3n) is 12.6. The zero-order valence-electron chi connectivity index (χ0n) is 33.3. The zero-order valence-corrected chi connectivity index (χ0v) is 33.3. The number of benzene rings is 9. The van der Waals surface area contributed by atoms with Crippen molar-refractivity contribution in [2.45, 2.75) is 0 Å². The summed E-state index contributed by atoms with van der Waals surface area (Å²) in [5.74, 6) is 1.82. The molecule has 0 aliphatic heterocycles. The Bertz CT molecular complexity index is 3410. The molecule has 9 aromatic carbocycles. The number of rotatable bonds is 6. The number of hydrogen-bond donors (Lipinski definition) is 0. The quantitative estimate of drug-likeness (QED) is 0.168. The van der Waals surface area contributed by atoms with Gasteiger partial charge in [-0.15, -0.1) is 0 Å². The second kappa shape index (κ2) is 13.6. The van der Waals surface area contributed by atoms with Crippen molar-refractivity contribution in [1.29, 1.82) is 0 Å². The van der Waals surface area contributed by atoms with Gasteiger partial charge in [-0.05, 0) is 112 Å². The summed E-state index contributed by atoms with van der Waals surface area (Å²) in [6, 6.07) is 65.4. The number of hydrogen-bond acceptors (Lipinski definition) is 5. The van der Waals surface area contributed by atoms with Gasteiger partial charge in [0.15, 0.2) is 17.5 Å². The van der Waals surface area contributed by atoms with E-state index in [2.05, 4.69) is 174 Å². The van der Waals surface area contributed by atoms with Crippen molar-refractivity contribution in [3.05, 3.63) is 201 Å². The van der Waals surface area contributed by atoms with Crippen LogP contribution in [0.1, 0.15) is 0 Å². The number of fused-ring (bicyclic) bond motifs is 6. The van der Waals surface area contributed by atoms with E-state index in [9.17, 15) is 0 Å². The van der Waals surface area contributed by atoms with Gasteiger partial charge < -0.3 is 0 Å². The van der Waals surface area contributed by atoms with Crippen LogP contribution in [0.5, 0.6) is 0 Å². The van der Waals surface area contributed by atoms with Gasteiger partial charge in [0.1, 0.15) is 6.33 Å². The highest BCUT2D eigenvalue weighted by Gasteiger charge is 2.25. The molecule has 2 aliphatic rings. The molecule has 0 fully saturated rings. The van der Waals surface area contributed by atoms with Gasteiger partial charge in [-0.25, -0.2) is 24.9 Å². The lowest BCUT2D eigenvalue weighted by atomic mass is 9.89. The van der Waals surface area contributed by atoms with Crippen LogP contribution in [0.2, 0.25) is 0 Å². The first-order valence-corrected chi connectivity index (χ1v) is 20.9. The summed E-state index contributed by atoms with van der Waals surface area (Å²) in [6.45, 7) is 0. The molecule has 0 spiro atoms. The lowest BCUT2D eigenvalue weighted by Crippen LogP contribution is -2.00. The van der Waals surface area contributed by atoms with E-state index >= 15 is 0 Å². The van der Waals surface area contributed by atoms with E-state index in [-0.39, 0.29) is 0 Å². The summed E-state index contributed by atoms with van der Waals surface area (Å²) in [5, 5.41) is 5.03. The third-order valence-corrected chi connectivity index (χ3v) is 12.6. The molecule has 0 saturated carbocycles. The van der Waals surface area contributed by atoms with E-state index in [1.54, 1.807) is 6.33 Å². The van der Waals surface area contributed by atoms with Crippen molar-refractivity contribution < 1.29 is 0 Å². The zero-order chi connectivity index (χ0) is 40.7. The van der Waals surface area contributed by atoms with Gasteiger partial charge in [0.2, 0.25) is 0 Å². The van der Waals surface area contributed by atoms with Crippen LogP contribution in [-0.4, -0.2) is 24.9 Å². The molecule has 0 bridgehead atoms. The summed E-state index contributed by atoms with van der Waals surface area (Å²) in [7, 11) is 0. The van der Waals surface area contributed by atoms with Crippen LogP contribution in [0.15, 0.2) is 201 Å². The summed E-state index contributed by atoms with van der Waals surface area (Å²) < 4.78 is 0. The Balaban J connectivity index is 1.05. The van der Waals surface area contributed by atoms with E-state index in [1.165, 1.54) is 66.1 Å². The predicted molar refractivity (Wildman–Crippen MR) is 252 cm³/mol. The van der Waals surface area contributed by atoms with Gasteiger partial charge in [0.25, 0.3) is 0 Å². The smallest absolute Gasteiger partial charge is 0.164 e. The van der Waals surface area contributed by atoms with Crippen LogP contribution in [0.4, 0.5) is 0 Å². The van der Waals surface area contributed by atoms with Crippen molar-refractivity contribution in [2.24, 2.45) is 0 Å². The van der Waals surface area contributed by atoms with E-state index in [0.717, 1.165) is 50.1 Å². The van der Waals surface area contributed by atoms with Gasteiger partial charge in [-0.2, -0.15) is 0 Å². The van der Waals surface area contributed by atoms with Crippen LogP contribution in [0, 0.1) is 0 Å². The van der Waals surface area contributed by atoms with Gasteiger partial charge >= 0.3 is 0 Å². The molecule has 5 nitrogen and oxygen atoms in total. The maximum atomic E-state index is 5.28. The Morgan fingerprint density at radius 1 is 0.242 bits per heavy atom. The minimum Gasteiger partial charge on any atom is -0.244 e. The minimum absolute atomic E-state index is 0.600. The molecule has 0 unspecified atom stereocenters. The predicted octanol–water partition coefficient (Wildman–Crippen LogP) is 14.3. The fourth-order valence-electron chi connectivity index (χ4n) is 9.80. The fraction of sp³-hybridized carbons (Fsp3) is 0. The van der Waals surface area contributed by atoms with Crippen LogP contribution in [0.3, 0.4) is 0 Å². The number of nitrogens with zero attached hydrogens (tertiary/aromatic N) is 5. The van der Waals surface area contributed by atoms with Gasteiger partial charge in [-0.1, -0.05) is 164 Å². The van der Waals surface area contributed by atoms with E-state index in [0.29, 0.717) is 17.5 Å². The normalized spacial score (nSPS) is 11.9. The monoisotopic (exact) mass is 787 g/mol. The van der Waals surface area contributed by atoms with Crippen molar-refractivity contribution in [1.82, 2.24) is 24.9 Å². The lowest BCUT2D eigenvalue weighted by molar-refractivity contribution is 1.07. The molecule has 0 radical (unpaired) electrons. The van der Waals surface area contributed by atoms with Gasteiger partial charge in [0.05, 0.1) is 0 Å². The molecule has 0 N–H and O–H groups in total. The Hall–Kier alpha value is -8.41. The fourth-order valence-corrected chi connectivity index (χ4v) is 9.80. The lowest BCUT2D eigenvalue weighted by Gasteiger charge is -2.16. The molecular formula is C57H33N5. The third kappa shape index (κ3) is 5.32. The summed E-state index contributed by atoms with van der Waals surface area (Å²) in [5.41, 5.74) is 19.5. The van der Waals surface area contributed by atoms with Gasteiger partial charge in [0, 0.05) is 34.6 Å². The van der Waals surface area contributed by atoms with Crippen LogP contribution < -0.4 is 0 Å². The molecule has 0 amide bonds. The first kappa shape index (κ1) is 34.5. The SMILES string of the molecule is c1ccc(-c2nc(-c3ccc(-c4cncnc4)cc3)nc(-c3cc(-c4ccc5c6c(cccc46)-c4ccccc4-5)cc(-c4ccc5c6c(cccc46)-c4ccccc4-5)c3)n2)cc1. The highest BCUT2D eigenvalue weighted by Crippen LogP contribution is 2.52. The molecule has 5 heteroatoms. The summed E-state index contributed by atoms with van der Waals surface area (Å²) in [4.78, 5) is 24.1. The van der Waals surface area contributed by atoms with E-state index in [1.807, 2.05) is 30.6 Å². The average Bonchev–Trinajstić information content (AvgIpc) is 3.86. The highest BCUT2D eigenvalue weighted by atomic mass is 15.0. The average molecular weight is 788 g/mol. The Morgan fingerprint density at radius 2 is 0.629 bits per heavy atom. The van der Waals surface area contributed by atoms with Crippen LogP contribution in [0.25, 0.3) is 134 Å². The standard InChI is InChI=1S/C57H33N5/c1-2-10-35(11-3-1)55-60-56(36-22-20-34(21-23-36)40-31-58-33-59-32-40)62-57(61-55)39-29-37(41-24-26-51-45-14-6-4-12-43(45)49-18-8-16-47(41)53(49)51)28-38(30-39)42-25-27-52-46-15-7-5-13-44(46)50-19-9-17-48(42)54(50)52/h1-33H. The Labute approximate surface area is 357 Å². The molecule has 62 heavy (non-hydrogen) atoms. The topological polar surface area (TPSA) is 64.5 Å².